The Morgan fingerprint density at radius 1 is 0.568 bits per heavy atom. The monoisotopic (exact) mass is 579 g/mol. The molecule has 2 rings (SSSR count). The Morgan fingerprint density at radius 3 is 1.41 bits per heavy atom. The van der Waals surface area contributed by atoms with Crippen LogP contribution in [0.15, 0.2) is 36.4 Å². The number of rotatable bonds is 9. The van der Waals surface area contributed by atoms with Gasteiger partial charge in [-0.15, -0.1) is 0 Å². The lowest BCUT2D eigenvalue weighted by atomic mass is 9.87. The Hall–Kier alpha value is -2.47. The van der Waals surface area contributed by atoms with E-state index in [-0.39, 0.29) is 11.3 Å². The van der Waals surface area contributed by atoms with E-state index >= 15 is 0 Å². The summed E-state index contributed by atoms with van der Waals surface area (Å²) in [4.78, 5) is 4.37. The molecule has 1 aliphatic heterocycles. The number of hydrogen-bond acceptors (Lipinski definition) is 2. The van der Waals surface area contributed by atoms with Crippen molar-refractivity contribution in [2.45, 2.75) is 60.2 Å². The standard InChI is InChI=1S/C18H10F17NO/c19-11(20,7-9-6-10(36-37-9)8-4-2-1-3-5-8)12(21,22)13(23,24)14(25,26)15(27,28)16(29,30)17(31,32)18(33,34)35/h1-6,9,36H,7H2. The summed E-state index contributed by atoms with van der Waals surface area (Å²) in [7, 11) is 0. The molecule has 1 heterocycles. The van der Waals surface area contributed by atoms with Gasteiger partial charge in [-0.05, 0) is 11.6 Å². The van der Waals surface area contributed by atoms with Gasteiger partial charge in [-0.1, -0.05) is 30.3 Å². The van der Waals surface area contributed by atoms with Crippen LogP contribution in [0.4, 0.5) is 74.6 Å². The maximum atomic E-state index is 14.1. The highest BCUT2D eigenvalue weighted by molar-refractivity contribution is 5.64. The molecule has 37 heavy (non-hydrogen) atoms. The number of halogens is 17. The van der Waals surface area contributed by atoms with Crippen LogP contribution in [0.1, 0.15) is 12.0 Å². The molecule has 19 heteroatoms. The third-order valence-electron chi connectivity index (χ3n) is 5.00. The fourth-order valence-corrected chi connectivity index (χ4v) is 2.84. The van der Waals surface area contributed by atoms with Gasteiger partial charge in [0.25, 0.3) is 0 Å². The Balaban J connectivity index is 2.44. The average molecular weight is 579 g/mol. The Morgan fingerprint density at radius 2 is 0.973 bits per heavy atom. The smallest absolute Gasteiger partial charge is 0.268 e. The number of hydrogen-bond donors (Lipinski definition) is 1. The molecule has 2 nitrogen and oxygen atoms in total. The van der Waals surface area contributed by atoms with E-state index in [2.05, 4.69) is 4.84 Å². The van der Waals surface area contributed by atoms with Crippen LogP contribution in [0.2, 0.25) is 0 Å². The molecule has 212 valence electrons. The molecule has 0 saturated heterocycles. The number of nitrogens with one attached hydrogen (secondary N) is 1. The quantitative estimate of drug-likeness (QED) is 0.310. The number of hydroxylamine groups is 1. The lowest BCUT2D eigenvalue weighted by Gasteiger charge is -2.43. The van der Waals surface area contributed by atoms with E-state index in [1.54, 1.807) is 0 Å². The van der Waals surface area contributed by atoms with Crippen LogP contribution in [-0.2, 0) is 4.84 Å². The SMILES string of the molecule is FC(F)(F)C(F)(F)C(F)(F)C(F)(F)C(F)(F)C(F)(F)C(F)(F)C(F)(F)CC1C=C(c2ccccc2)NO1. The molecule has 0 amide bonds. The Kier molecular flexibility index (Phi) is 7.31. The van der Waals surface area contributed by atoms with E-state index in [9.17, 15) is 74.6 Å². The lowest BCUT2D eigenvalue weighted by Crippen LogP contribution is -2.74. The van der Waals surface area contributed by atoms with Crippen LogP contribution in [0, 0.1) is 0 Å². The van der Waals surface area contributed by atoms with Gasteiger partial charge in [0, 0.05) is 0 Å². The largest absolute Gasteiger partial charge is 0.460 e. The third kappa shape index (κ3) is 4.45. The zero-order valence-corrected chi connectivity index (χ0v) is 17.1. The van der Waals surface area contributed by atoms with Gasteiger partial charge in [-0.3, -0.25) is 10.3 Å². The first kappa shape index (κ1) is 30.8. The number of benzene rings is 1. The predicted molar refractivity (Wildman–Crippen MR) is 87.7 cm³/mol. The van der Waals surface area contributed by atoms with Gasteiger partial charge in [0.1, 0.15) is 6.10 Å². The molecule has 0 saturated carbocycles. The molecule has 0 aromatic heterocycles. The lowest BCUT2D eigenvalue weighted by molar-refractivity contribution is -0.462. The molecule has 0 bridgehead atoms. The van der Waals surface area contributed by atoms with Gasteiger partial charge in [-0.2, -0.15) is 74.6 Å². The van der Waals surface area contributed by atoms with Crippen LogP contribution in [0.5, 0.6) is 0 Å². The summed E-state index contributed by atoms with van der Waals surface area (Å²) in [5, 5.41) is 0. The minimum Gasteiger partial charge on any atom is -0.268 e. The van der Waals surface area contributed by atoms with Crippen LogP contribution in [0.3, 0.4) is 0 Å². The predicted octanol–water partition coefficient (Wildman–Crippen LogP) is 7.33. The normalized spacial score (nSPS) is 19.1. The van der Waals surface area contributed by atoms with Crippen LogP contribution >= 0.6 is 0 Å². The zero-order valence-electron chi connectivity index (χ0n) is 17.1. The van der Waals surface area contributed by atoms with Gasteiger partial charge in [0.2, 0.25) is 0 Å². The van der Waals surface area contributed by atoms with Crippen molar-refractivity contribution in [3.63, 3.8) is 0 Å². The summed E-state index contributed by atoms with van der Waals surface area (Å²) in [5.74, 6) is -56.5. The van der Waals surface area contributed by atoms with E-state index in [0.717, 1.165) is 0 Å². The van der Waals surface area contributed by atoms with Crippen molar-refractivity contribution in [3.05, 3.63) is 42.0 Å². The number of alkyl halides is 17. The van der Waals surface area contributed by atoms with Crippen molar-refractivity contribution < 1.29 is 79.5 Å². The Labute approximate surface area is 194 Å². The summed E-state index contributed by atoms with van der Waals surface area (Å²) in [6.45, 7) is 0. The molecular formula is C18H10F17NO. The summed E-state index contributed by atoms with van der Waals surface area (Å²) in [6, 6.07) is 6.76. The second-order valence-corrected chi connectivity index (χ2v) is 7.56. The van der Waals surface area contributed by atoms with Gasteiger partial charge in [-0.25, -0.2) is 0 Å². The van der Waals surface area contributed by atoms with E-state index in [1.807, 2.05) is 5.48 Å². The maximum Gasteiger partial charge on any atom is 0.460 e. The fraction of sp³-hybridized carbons (Fsp3) is 0.556. The summed E-state index contributed by atoms with van der Waals surface area (Å²) >= 11 is 0. The first-order chi connectivity index (χ1) is 16.3. The molecule has 0 radical (unpaired) electrons. The minimum atomic E-state index is -8.65. The summed E-state index contributed by atoms with van der Waals surface area (Å²) in [6.07, 6.45) is -12.3. The first-order valence-electron chi connectivity index (χ1n) is 9.20. The molecule has 1 unspecified atom stereocenters. The average Bonchev–Trinajstić information content (AvgIpc) is 3.20. The van der Waals surface area contributed by atoms with Gasteiger partial charge < -0.3 is 0 Å². The second kappa shape index (κ2) is 8.79. The highest BCUT2D eigenvalue weighted by Crippen LogP contribution is 2.64. The van der Waals surface area contributed by atoms with Crippen molar-refractivity contribution in [1.82, 2.24) is 5.48 Å². The van der Waals surface area contributed by atoms with E-state index in [1.165, 1.54) is 30.3 Å². The summed E-state index contributed by atoms with van der Waals surface area (Å²) in [5.41, 5.74) is 1.76. The van der Waals surface area contributed by atoms with E-state index < -0.39 is 60.2 Å². The van der Waals surface area contributed by atoms with Crippen molar-refractivity contribution in [3.8, 4) is 0 Å². The van der Waals surface area contributed by atoms with Crippen LogP contribution in [-0.4, -0.2) is 53.7 Å². The molecule has 1 aromatic carbocycles. The first-order valence-corrected chi connectivity index (χ1v) is 9.20. The molecule has 1 aromatic rings. The van der Waals surface area contributed by atoms with Gasteiger partial charge in [0.15, 0.2) is 0 Å². The maximum absolute atomic E-state index is 14.1. The summed E-state index contributed by atoms with van der Waals surface area (Å²) < 4.78 is 226. The van der Waals surface area contributed by atoms with Crippen LogP contribution in [0.25, 0.3) is 5.70 Å². The molecular weight excluding hydrogens is 569 g/mol. The highest BCUT2D eigenvalue weighted by Gasteiger charge is 2.95. The molecule has 0 aliphatic carbocycles. The van der Waals surface area contributed by atoms with E-state index in [0.29, 0.717) is 6.08 Å². The minimum absolute atomic E-state index is 0.129. The van der Waals surface area contributed by atoms with Crippen molar-refractivity contribution >= 4 is 5.70 Å². The molecule has 1 atom stereocenters. The third-order valence-corrected chi connectivity index (χ3v) is 5.00. The molecule has 0 spiro atoms. The van der Waals surface area contributed by atoms with E-state index in [4.69, 9.17) is 0 Å². The van der Waals surface area contributed by atoms with Crippen molar-refractivity contribution in [2.75, 3.05) is 0 Å². The van der Waals surface area contributed by atoms with Crippen LogP contribution < -0.4 is 5.48 Å². The zero-order chi connectivity index (χ0) is 29.1. The van der Waals surface area contributed by atoms with Gasteiger partial charge >= 0.3 is 47.6 Å². The topological polar surface area (TPSA) is 21.3 Å². The molecule has 0 fully saturated rings. The molecule has 1 N–H and O–H groups in total. The van der Waals surface area contributed by atoms with Gasteiger partial charge in [0.05, 0.1) is 12.1 Å². The van der Waals surface area contributed by atoms with Crippen molar-refractivity contribution in [2.24, 2.45) is 0 Å². The van der Waals surface area contributed by atoms with Crippen molar-refractivity contribution in [1.29, 1.82) is 0 Å². The highest BCUT2D eigenvalue weighted by atomic mass is 19.4. The molecule has 1 aliphatic rings. The Bertz CT molecular complexity index is 999. The fourth-order valence-electron chi connectivity index (χ4n) is 2.84. The second-order valence-electron chi connectivity index (χ2n) is 7.56.